The molecule has 0 fully saturated rings. The van der Waals surface area contributed by atoms with Gasteiger partial charge in [0.25, 0.3) is 0 Å². The molecule has 0 saturated carbocycles. The smallest absolute Gasteiger partial charge is 0.202 e. The number of hydrogen-bond acceptors (Lipinski definition) is 4. The SMILES string of the molecule is CCC(C=O)CC(CC)C(=O)C(=O)C(CC)CC=O. The molecule has 0 aromatic heterocycles. The van der Waals surface area contributed by atoms with Gasteiger partial charge in [-0.3, -0.25) is 9.59 Å². The van der Waals surface area contributed by atoms with E-state index < -0.39 is 23.4 Å². The Hall–Kier alpha value is -1.32. The van der Waals surface area contributed by atoms with E-state index in [1.54, 1.807) is 6.92 Å². The lowest BCUT2D eigenvalue weighted by atomic mass is 9.83. The molecule has 0 spiro atoms. The lowest BCUT2D eigenvalue weighted by Gasteiger charge is -2.18. The van der Waals surface area contributed by atoms with Crippen molar-refractivity contribution in [2.75, 3.05) is 0 Å². The van der Waals surface area contributed by atoms with Crippen LogP contribution in [0.4, 0.5) is 0 Å². The van der Waals surface area contributed by atoms with Gasteiger partial charge in [0.15, 0.2) is 0 Å². The van der Waals surface area contributed by atoms with Crippen LogP contribution in [-0.2, 0) is 19.2 Å². The zero-order chi connectivity index (χ0) is 14.8. The van der Waals surface area contributed by atoms with E-state index in [0.717, 1.165) is 6.29 Å². The van der Waals surface area contributed by atoms with Gasteiger partial charge in [-0.2, -0.15) is 0 Å². The highest BCUT2D eigenvalue weighted by Gasteiger charge is 2.30. The average Bonchev–Trinajstić information content (AvgIpc) is 2.44. The fourth-order valence-electron chi connectivity index (χ4n) is 2.12. The fourth-order valence-corrected chi connectivity index (χ4v) is 2.12. The van der Waals surface area contributed by atoms with Gasteiger partial charge in [0.2, 0.25) is 11.6 Å². The van der Waals surface area contributed by atoms with Crippen molar-refractivity contribution in [3.8, 4) is 0 Å². The summed E-state index contributed by atoms with van der Waals surface area (Å²) in [5, 5.41) is 0. The molecule has 4 heteroatoms. The van der Waals surface area contributed by atoms with E-state index >= 15 is 0 Å². The van der Waals surface area contributed by atoms with Crippen molar-refractivity contribution in [1.29, 1.82) is 0 Å². The second-order valence-corrected chi connectivity index (χ2v) is 4.88. The molecule has 3 atom stereocenters. The van der Waals surface area contributed by atoms with E-state index in [9.17, 15) is 19.2 Å². The normalized spacial score (nSPS) is 15.3. The largest absolute Gasteiger partial charge is 0.303 e. The molecule has 0 saturated heterocycles. The summed E-state index contributed by atoms with van der Waals surface area (Å²) in [4.78, 5) is 45.5. The van der Waals surface area contributed by atoms with Crippen LogP contribution in [-0.4, -0.2) is 24.1 Å². The van der Waals surface area contributed by atoms with E-state index in [0.29, 0.717) is 32.0 Å². The Morgan fingerprint density at radius 1 is 0.895 bits per heavy atom. The first-order valence-corrected chi connectivity index (χ1v) is 7.02. The van der Waals surface area contributed by atoms with Crippen molar-refractivity contribution in [3.05, 3.63) is 0 Å². The van der Waals surface area contributed by atoms with E-state index in [2.05, 4.69) is 0 Å². The number of ketones is 2. The van der Waals surface area contributed by atoms with Crippen LogP contribution in [0, 0.1) is 17.8 Å². The maximum Gasteiger partial charge on any atom is 0.202 e. The van der Waals surface area contributed by atoms with Crippen LogP contribution in [0.15, 0.2) is 0 Å². The van der Waals surface area contributed by atoms with Gasteiger partial charge in [0.1, 0.15) is 12.6 Å². The molecule has 0 amide bonds. The summed E-state index contributed by atoms with van der Waals surface area (Å²) in [5.41, 5.74) is 0. The maximum absolute atomic E-state index is 12.1. The van der Waals surface area contributed by atoms with Crippen LogP contribution < -0.4 is 0 Å². The highest BCUT2D eigenvalue weighted by Crippen LogP contribution is 2.21. The number of aldehydes is 2. The predicted molar refractivity (Wildman–Crippen MR) is 72.7 cm³/mol. The zero-order valence-electron chi connectivity index (χ0n) is 12.1. The van der Waals surface area contributed by atoms with Crippen molar-refractivity contribution in [1.82, 2.24) is 0 Å². The second-order valence-electron chi connectivity index (χ2n) is 4.88. The van der Waals surface area contributed by atoms with Gasteiger partial charge in [0, 0.05) is 24.2 Å². The maximum atomic E-state index is 12.1. The molecule has 0 heterocycles. The summed E-state index contributed by atoms with van der Waals surface area (Å²) in [7, 11) is 0. The fraction of sp³-hybridized carbons (Fsp3) is 0.733. The molecule has 0 aliphatic carbocycles. The first-order chi connectivity index (χ1) is 9.05. The number of Topliss-reactive ketones (excluding diaryl/α,β-unsaturated/α-hetero) is 2. The highest BCUT2D eigenvalue weighted by molar-refractivity contribution is 6.38. The van der Waals surface area contributed by atoms with Gasteiger partial charge < -0.3 is 9.59 Å². The van der Waals surface area contributed by atoms with E-state index in [4.69, 9.17) is 0 Å². The molecule has 19 heavy (non-hydrogen) atoms. The van der Waals surface area contributed by atoms with Crippen LogP contribution in [0.2, 0.25) is 0 Å². The van der Waals surface area contributed by atoms with E-state index in [-0.39, 0.29) is 12.3 Å². The molecule has 0 rings (SSSR count). The van der Waals surface area contributed by atoms with Gasteiger partial charge in [-0.1, -0.05) is 20.8 Å². The molecule has 3 unspecified atom stereocenters. The highest BCUT2D eigenvalue weighted by atomic mass is 16.2. The Bertz CT molecular complexity index is 322. The summed E-state index contributed by atoms with van der Waals surface area (Å²) in [6, 6.07) is 0. The van der Waals surface area contributed by atoms with Gasteiger partial charge in [0.05, 0.1) is 0 Å². The van der Waals surface area contributed by atoms with Crippen LogP contribution >= 0.6 is 0 Å². The predicted octanol–water partition coefficient (Wildman–Crippen LogP) is 2.38. The van der Waals surface area contributed by atoms with E-state index in [1.165, 1.54) is 0 Å². The minimum absolute atomic E-state index is 0.0996. The van der Waals surface area contributed by atoms with Crippen molar-refractivity contribution < 1.29 is 19.2 Å². The number of carbonyl (C=O) groups excluding carboxylic acids is 4. The van der Waals surface area contributed by atoms with Crippen LogP contribution in [0.1, 0.15) is 52.9 Å². The molecule has 0 aliphatic rings. The van der Waals surface area contributed by atoms with Crippen LogP contribution in [0.3, 0.4) is 0 Å². The minimum atomic E-state index is -0.504. The monoisotopic (exact) mass is 268 g/mol. The molecule has 0 N–H and O–H groups in total. The average molecular weight is 268 g/mol. The molecule has 108 valence electrons. The number of rotatable bonds is 11. The third kappa shape index (κ3) is 5.45. The Kier molecular flexibility index (Phi) is 8.92. The topological polar surface area (TPSA) is 68.3 Å². The van der Waals surface area contributed by atoms with Gasteiger partial charge >= 0.3 is 0 Å². The van der Waals surface area contributed by atoms with Crippen molar-refractivity contribution in [2.45, 2.75) is 52.9 Å². The lowest BCUT2D eigenvalue weighted by molar-refractivity contribution is -0.142. The van der Waals surface area contributed by atoms with Gasteiger partial charge in [-0.15, -0.1) is 0 Å². The third-order valence-electron chi connectivity index (χ3n) is 3.65. The standard InChI is InChI=1S/C15H24O4/c1-4-11(10-17)9-13(6-3)15(19)14(18)12(5-2)7-8-16/h8,10-13H,4-7,9H2,1-3H3. The molecule has 0 bridgehead atoms. The Labute approximate surface area is 114 Å². The van der Waals surface area contributed by atoms with Crippen molar-refractivity contribution in [3.63, 3.8) is 0 Å². The molecule has 0 radical (unpaired) electrons. The second kappa shape index (κ2) is 9.59. The van der Waals surface area contributed by atoms with Crippen LogP contribution in [0.5, 0.6) is 0 Å². The lowest BCUT2D eigenvalue weighted by Crippen LogP contribution is -2.31. The Morgan fingerprint density at radius 3 is 1.79 bits per heavy atom. The first kappa shape index (κ1) is 17.7. The summed E-state index contributed by atoms with van der Waals surface area (Å²) in [5.74, 6) is -1.95. The first-order valence-electron chi connectivity index (χ1n) is 7.02. The quantitative estimate of drug-likeness (QED) is 0.426. The molecule has 4 nitrogen and oxygen atoms in total. The molecule has 0 aromatic rings. The minimum Gasteiger partial charge on any atom is -0.303 e. The van der Waals surface area contributed by atoms with Gasteiger partial charge in [-0.25, -0.2) is 0 Å². The Morgan fingerprint density at radius 2 is 1.42 bits per heavy atom. The zero-order valence-corrected chi connectivity index (χ0v) is 12.1. The molecule has 0 aliphatic heterocycles. The summed E-state index contributed by atoms with van der Waals surface area (Å²) < 4.78 is 0. The molecular formula is C15H24O4. The van der Waals surface area contributed by atoms with Crippen LogP contribution in [0.25, 0.3) is 0 Å². The summed E-state index contributed by atoms with van der Waals surface area (Å²) in [6.07, 6.45) is 3.77. The van der Waals surface area contributed by atoms with E-state index in [1.807, 2.05) is 13.8 Å². The summed E-state index contributed by atoms with van der Waals surface area (Å²) in [6.45, 7) is 5.52. The third-order valence-corrected chi connectivity index (χ3v) is 3.65. The van der Waals surface area contributed by atoms with Crippen molar-refractivity contribution >= 4 is 24.1 Å². The van der Waals surface area contributed by atoms with Gasteiger partial charge in [-0.05, 0) is 25.7 Å². The summed E-state index contributed by atoms with van der Waals surface area (Å²) >= 11 is 0. The Balaban J connectivity index is 4.77. The number of carbonyl (C=O) groups is 4. The number of hydrogen-bond donors (Lipinski definition) is 0. The molecule has 0 aromatic carbocycles. The van der Waals surface area contributed by atoms with Crippen molar-refractivity contribution in [2.24, 2.45) is 17.8 Å². The molecular weight excluding hydrogens is 244 g/mol.